The van der Waals surface area contributed by atoms with Crippen LogP contribution in [0.4, 0.5) is 8.78 Å². The summed E-state index contributed by atoms with van der Waals surface area (Å²) in [6.07, 6.45) is 0. The number of carbonyl (C=O) groups is 2. The number of benzene rings is 3. The molecular weight excluding hydrogens is 438 g/mol. The van der Waals surface area contributed by atoms with Crippen LogP contribution in [0.1, 0.15) is 27.5 Å². The maximum absolute atomic E-state index is 13.6. The van der Waals surface area contributed by atoms with Crippen molar-refractivity contribution in [2.45, 2.75) is 16.7 Å². The molecule has 0 aliphatic heterocycles. The normalized spacial score (nSPS) is 12.1. The highest BCUT2D eigenvalue weighted by molar-refractivity contribution is 7.90. The molecule has 0 aromatic heterocycles. The van der Waals surface area contributed by atoms with Crippen molar-refractivity contribution in [2.24, 2.45) is 0 Å². The zero-order chi connectivity index (χ0) is 23.3. The van der Waals surface area contributed by atoms with E-state index in [1.807, 2.05) is 0 Å². The molecule has 32 heavy (non-hydrogen) atoms. The van der Waals surface area contributed by atoms with Gasteiger partial charge in [-0.25, -0.2) is 17.2 Å². The van der Waals surface area contributed by atoms with Gasteiger partial charge in [-0.2, -0.15) is 0 Å². The van der Waals surface area contributed by atoms with E-state index >= 15 is 0 Å². The lowest BCUT2D eigenvalue weighted by molar-refractivity contribution is -0.122. The van der Waals surface area contributed by atoms with Gasteiger partial charge in [0.25, 0.3) is 5.91 Å². The van der Waals surface area contributed by atoms with E-state index in [1.54, 1.807) is 24.3 Å². The summed E-state index contributed by atoms with van der Waals surface area (Å²) in [4.78, 5) is 25.2. The van der Waals surface area contributed by atoms with E-state index < -0.39 is 39.3 Å². The van der Waals surface area contributed by atoms with Crippen molar-refractivity contribution >= 4 is 21.7 Å². The van der Waals surface area contributed by atoms with Gasteiger partial charge < -0.3 is 10.6 Å². The van der Waals surface area contributed by atoms with E-state index in [2.05, 4.69) is 10.6 Å². The summed E-state index contributed by atoms with van der Waals surface area (Å²) in [5, 5.41) is 4.85. The van der Waals surface area contributed by atoms with E-state index in [4.69, 9.17) is 0 Å². The lowest BCUT2D eigenvalue weighted by atomic mass is 10.0. The number of nitrogens with one attached hydrogen (secondary N) is 2. The summed E-state index contributed by atoms with van der Waals surface area (Å²) in [7, 11) is -2.28. The second-order valence-corrected chi connectivity index (χ2v) is 8.96. The third-order valence-corrected chi connectivity index (χ3v) is 6.41. The smallest absolute Gasteiger partial charge is 0.252 e. The quantitative estimate of drug-likeness (QED) is 0.569. The summed E-state index contributed by atoms with van der Waals surface area (Å²) < 4.78 is 52.1. The van der Waals surface area contributed by atoms with Crippen molar-refractivity contribution in [2.75, 3.05) is 7.05 Å². The minimum Gasteiger partial charge on any atom is -0.357 e. The van der Waals surface area contributed by atoms with Gasteiger partial charge in [-0.1, -0.05) is 36.4 Å². The van der Waals surface area contributed by atoms with Gasteiger partial charge in [-0.15, -0.1) is 0 Å². The number of hydrogen-bond acceptors (Lipinski definition) is 4. The fourth-order valence-electron chi connectivity index (χ4n) is 3.08. The highest BCUT2D eigenvalue weighted by Crippen LogP contribution is 2.20. The van der Waals surface area contributed by atoms with Gasteiger partial charge in [-0.3, -0.25) is 9.59 Å². The molecule has 3 rings (SSSR count). The fourth-order valence-corrected chi connectivity index (χ4v) is 4.44. The van der Waals surface area contributed by atoms with Gasteiger partial charge in [0.2, 0.25) is 5.91 Å². The lowest BCUT2D eigenvalue weighted by Crippen LogP contribution is -2.39. The molecule has 0 heterocycles. The molecule has 1 unspecified atom stereocenters. The van der Waals surface area contributed by atoms with E-state index in [0.29, 0.717) is 5.56 Å². The Morgan fingerprint density at radius 2 is 1.62 bits per heavy atom. The average molecular weight is 458 g/mol. The van der Waals surface area contributed by atoms with Gasteiger partial charge in [-0.05, 0) is 47.5 Å². The number of sulfone groups is 1. The molecule has 0 saturated heterocycles. The Morgan fingerprint density at radius 1 is 0.906 bits per heavy atom. The highest BCUT2D eigenvalue weighted by atomic mass is 32.2. The summed E-state index contributed by atoms with van der Waals surface area (Å²) >= 11 is 0. The minimum atomic E-state index is -3.62. The lowest BCUT2D eigenvalue weighted by Gasteiger charge is -2.18. The first-order valence-electron chi connectivity index (χ1n) is 9.55. The Hall–Kier alpha value is -3.59. The van der Waals surface area contributed by atoms with Crippen LogP contribution in [-0.4, -0.2) is 27.3 Å². The van der Waals surface area contributed by atoms with Crippen molar-refractivity contribution in [3.05, 3.63) is 101 Å². The van der Waals surface area contributed by atoms with Crippen LogP contribution in [-0.2, 0) is 20.4 Å². The molecule has 3 aromatic rings. The zero-order valence-electron chi connectivity index (χ0n) is 17.0. The third kappa shape index (κ3) is 5.36. The SMILES string of the molecule is CNC(=O)C(NC(=O)c1cccc(CS(=O)(=O)c2ccccc2)c1)c1ccc(F)c(F)c1. The first-order valence-corrected chi connectivity index (χ1v) is 11.2. The van der Waals surface area contributed by atoms with Crippen molar-refractivity contribution in [1.29, 1.82) is 0 Å². The Kier molecular flexibility index (Phi) is 6.99. The summed E-state index contributed by atoms with van der Waals surface area (Å²) in [5.41, 5.74) is 0.549. The van der Waals surface area contributed by atoms with E-state index in [-0.39, 0.29) is 21.8 Å². The molecule has 6 nitrogen and oxygen atoms in total. The number of likely N-dealkylation sites (N-methyl/N-ethyl adjacent to an activating group) is 1. The van der Waals surface area contributed by atoms with Crippen molar-refractivity contribution in [3.63, 3.8) is 0 Å². The van der Waals surface area contributed by atoms with Crippen molar-refractivity contribution < 1.29 is 26.8 Å². The van der Waals surface area contributed by atoms with Gasteiger partial charge >= 0.3 is 0 Å². The fraction of sp³-hybridized carbons (Fsp3) is 0.130. The van der Waals surface area contributed by atoms with Gasteiger partial charge in [0.15, 0.2) is 21.5 Å². The molecule has 3 aromatic carbocycles. The summed E-state index contributed by atoms with van der Waals surface area (Å²) in [6, 6.07) is 15.5. The number of halogens is 2. The average Bonchev–Trinajstić information content (AvgIpc) is 2.79. The Balaban J connectivity index is 1.83. The van der Waals surface area contributed by atoms with Crippen LogP contribution >= 0.6 is 0 Å². The number of hydrogen-bond donors (Lipinski definition) is 2. The largest absolute Gasteiger partial charge is 0.357 e. The number of amides is 2. The van der Waals surface area contributed by atoms with E-state index in [9.17, 15) is 26.8 Å². The van der Waals surface area contributed by atoms with Crippen LogP contribution in [0.25, 0.3) is 0 Å². The maximum Gasteiger partial charge on any atom is 0.252 e. The first kappa shape index (κ1) is 23.1. The monoisotopic (exact) mass is 458 g/mol. The molecule has 0 aliphatic rings. The minimum absolute atomic E-state index is 0.0550. The molecule has 1 atom stereocenters. The van der Waals surface area contributed by atoms with Gasteiger partial charge in [0.1, 0.15) is 6.04 Å². The first-order chi connectivity index (χ1) is 15.2. The molecule has 0 spiro atoms. The molecule has 0 aliphatic carbocycles. The second kappa shape index (κ2) is 9.69. The molecule has 0 fully saturated rings. The standard InChI is InChI=1S/C23H20F2N2O4S/c1-26-23(29)21(16-10-11-19(24)20(25)13-16)27-22(28)17-7-5-6-15(12-17)14-32(30,31)18-8-3-2-4-9-18/h2-13,21H,14H2,1H3,(H,26,29)(H,27,28). The highest BCUT2D eigenvalue weighted by Gasteiger charge is 2.24. The Morgan fingerprint density at radius 3 is 2.28 bits per heavy atom. The Bertz CT molecular complexity index is 1250. The van der Waals surface area contributed by atoms with Gasteiger partial charge in [0.05, 0.1) is 10.6 Å². The predicted molar refractivity (Wildman–Crippen MR) is 114 cm³/mol. The number of carbonyl (C=O) groups excluding carboxylic acids is 2. The van der Waals surface area contributed by atoms with E-state index in [1.165, 1.54) is 43.4 Å². The predicted octanol–water partition coefficient (Wildman–Crippen LogP) is 3.16. The Labute approximate surface area is 184 Å². The summed E-state index contributed by atoms with van der Waals surface area (Å²) in [5.74, 6) is -3.86. The topological polar surface area (TPSA) is 92.3 Å². The van der Waals surface area contributed by atoms with Gasteiger partial charge in [0, 0.05) is 12.6 Å². The molecule has 0 saturated carbocycles. The van der Waals surface area contributed by atoms with Crippen LogP contribution in [0, 0.1) is 11.6 Å². The molecule has 0 bridgehead atoms. The van der Waals surface area contributed by atoms with Crippen LogP contribution < -0.4 is 10.6 Å². The number of rotatable bonds is 7. The second-order valence-electron chi connectivity index (χ2n) is 6.97. The molecule has 2 N–H and O–H groups in total. The third-order valence-electron chi connectivity index (χ3n) is 4.71. The molecular formula is C23H20F2N2O4S. The van der Waals surface area contributed by atoms with Crippen LogP contribution in [0.3, 0.4) is 0 Å². The molecule has 2 amide bonds. The van der Waals surface area contributed by atoms with Crippen molar-refractivity contribution in [3.8, 4) is 0 Å². The molecule has 166 valence electrons. The van der Waals surface area contributed by atoms with Crippen molar-refractivity contribution in [1.82, 2.24) is 10.6 Å². The van der Waals surface area contributed by atoms with E-state index in [0.717, 1.165) is 12.1 Å². The van der Waals surface area contributed by atoms with Crippen LogP contribution in [0.15, 0.2) is 77.7 Å². The van der Waals surface area contributed by atoms with Crippen LogP contribution in [0.5, 0.6) is 0 Å². The zero-order valence-corrected chi connectivity index (χ0v) is 17.8. The molecule has 0 radical (unpaired) electrons. The summed E-state index contributed by atoms with van der Waals surface area (Å²) in [6.45, 7) is 0. The molecule has 9 heteroatoms. The van der Waals surface area contributed by atoms with Crippen LogP contribution in [0.2, 0.25) is 0 Å². The maximum atomic E-state index is 13.6.